The van der Waals surface area contributed by atoms with Gasteiger partial charge in [0.1, 0.15) is 0 Å². The van der Waals surface area contributed by atoms with Gasteiger partial charge in [0.15, 0.2) is 5.13 Å². The van der Waals surface area contributed by atoms with E-state index in [0.29, 0.717) is 11.0 Å². The number of hydrogen-bond donors (Lipinski definition) is 2. The van der Waals surface area contributed by atoms with Crippen molar-refractivity contribution in [3.63, 3.8) is 0 Å². The number of benzene rings is 1. The fourth-order valence-electron chi connectivity index (χ4n) is 3.46. The van der Waals surface area contributed by atoms with Gasteiger partial charge in [0.05, 0.1) is 5.69 Å². The number of thiazole rings is 1. The Balaban J connectivity index is 1.43. The molecule has 0 amide bonds. The number of piperidine rings is 1. The Morgan fingerprint density at radius 1 is 1.27 bits per heavy atom. The van der Waals surface area contributed by atoms with Crippen LogP contribution in [0.1, 0.15) is 30.0 Å². The molecular weight excluding hydrogens is 292 g/mol. The number of fused-ring (bicyclic) bond motifs is 1. The lowest BCUT2D eigenvalue weighted by Gasteiger charge is -2.31. The summed E-state index contributed by atoms with van der Waals surface area (Å²) in [7, 11) is 0. The van der Waals surface area contributed by atoms with E-state index in [1.807, 2.05) is 0 Å². The van der Waals surface area contributed by atoms with Crippen molar-refractivity contribution in [2.45, 2.75) is 25.3 Å². The van der Waals surface area contributed by atoms with Crippen LogP contribution in [0.2, 0.25) is 0 Å². The first-order valence-corrected chi connectivity index (χ1v) is 8.66. The van der Waals surface area contributed by atoms with Crippen molar-refractivity contribution in [3.05, 3.63) is 47.1 Å². The van der Waals surface area contributed by atoms with Crippen LogP contribution >= 0.6 is 11.3 Å². The summed E-state index contributed by atoms with van der Waals surface area (Å²) in [6.07, 6.45) is 4.62. The summed E-state index contributed by atoms with van der Waals surface area (Å²) in [6, 6.07) is 8.60. The van der Waals surface area contributed by atoms with Crippen LogP contribution in [0.4, 0.5) is 5.13 Å². The summed E-state index contributed by atoms with van der Waals surface area (Å²) in [4.78, 5) is 10.3. The number of aromatic amines is 1. The number of aromatic nitrogens is 2. The van der Waals surface area contributed by atoms with Crippen LogP contribution in [0.25, 0.3) is 10.9 Å². The zero-order valence-corrected chi connectivity index (χ0v) is 13.3. The summed E-state index contributed by atoms with van der Waals surface area (Å²) in [6.45, 7) is 3.18. The van der Waals surface area contributed by atoms with Gasteiger partial charge in [-0.1, -0.05) is 18.2 Å². The Morgan fingerprint density at radius 2 is 2.09 bits per heavy atom. The molecule has 0 atom stereocenters. The van der Waals surface area contributed by atoms with Gasteiger partial charge in [-0.15, -0.1) is 11.3 Å². The van der Waals surface area contributed by atoms with Crippen LogP contribution in [0.5, 0.6) is 0 Å². The van der Waals surface area contributed by atoms with Crippen molar-refractivity contribution in [2.24, 2.45) is 0 Å². The maximum atomic E-state index is 5.71. The number of nitrogen functional groups attached to an aromatic ring is 1. The molecule has 1 aliphatic heterocycles. The van der Waals surface area contributed by atoms with Crippen LogP contribution in [0.3, 0.4) is 0 Å². The third-order valence-electron chi connectivity index (χ3n) is 4.60. The molecule has 1 aromatic carbocycles. The topological polar surface area (TPSA) is 57.9 Å². The van der Waals surface area contributed by atoms with E-state index in [9.17, 15) is 0 Å². The minimum atomic E-state index is 0.660. The number of nitrogens with two attached hydrogens (primary N) is 1. The first kappa shape index (κ1) is 13.8. The van der Waals surface area contributed by atoms with Crippen molar-refractivity contribution in [1.82, 2.24) is 14.9 Å². The second-order valence-electron chi connectivity index (χ2n) is 6.02. The average molecular weight is 312 g/mol. The number of nitrogens with zero attached hydrogens (tertiary/aromatic N) is 2. The Hall–Kier alpha value is -1.85. The molecule has 3 aromatic rings. The highest BCUT2D eigenvalue weighted by Gasteiger charge is 2.23. The van der Waals surface area contributed by atoms with Gasteiger partial charge < -0.3 is 10.7 Å². The molecule has 3 heterocycles. The van der Waals surface area contributed by atoms with Gasteiger partial charge in [0, 0.05) is 29.0 Å². The Labute approximate surface area is 134 Å². The van der Waals surface area contributed by atoms with E-state index in [0.717, 1.165) is 25.3 Å². The Bertz CT molecular complexity index is 768. The second kappa shape index (κ2) is 5.74. The van der Waals surface area contributed by atoms with Crippen LogP contribution in [-0.4, -0.2) is 28.0 Å². The van der Waals surface area contributed by atoms with E-state index in [2.05, 4.69) is 50.7 Å². The fourth-order valence-corrected chi connectivity index (χ4v) is 4.01. The lowest BCUT2D eigenvalue weighted by Crippen LogP contribution is -2.32. The molecule has 5 heteroatoms. The number of para-hydroxylation sites is 1. The summed E-state index contributed by atoms with van der Waals surface area (Å²) < 4.78 is 0. The highest BCUT2D eigenvalue weighted by molar-refractivity contribution is 7.13. The maximum Gasteiger partial charge on any atom is 0.180 e. The van der Waals surface area contributed by atoms with Gasteiger partial charge in [-0.2, -0.15) is 0 Å². The summed E-state index contributed by atoms with van der Waals surface area (Å²) in [5.41, 5.74) is 9.54. The zero-order chi connectivity index (χ0) is 14.9. The average Bonchev–Trinajstić information content (AvgIpc) is 3.14. The number of anilines is 1. The zero-order valence-electron chi connectivity index (χ0n) is 12.5. The molecule has 0 saturated carbocycles. The number of nitrogens with one attached hydrogen (secondary N) is 1. The molecule has 3 N–H and O–H groups in total. The van der Waals surface area contributed by atoms with Crippen LogP contribution in [0, 0.1) is 0 Å². The van der Waals surface area contributed by atoms with E-state index in [4.69, 9.17) is 5.73 Å². The van der Waals surface area contributed by atoms with Gasteiger partial charge >= 0.3 is 0 Å². The van der Waals surface area contributed by atoms with Gasteiger partial charge in [0.25, 0.3) is 0 Å². The van der Waals surface area contributed by atoms with Crippen LogP contribution in [-0.2, 0) is 6.54 Å². The second-order valence-corrected chi connectivity index (χ2v) is 6.91. The van der Waals surface area contributed by atoms with Crippen molar-refractivity contribution in [1.29, 1.82) is 0 Å². The standard InChI is InChI=1S/C17H20N4S/c18-17-20-13(11-22-17)10-21-7-5-12(6-8-21)15-9-19-16-4-2-1-3-14(15)16/h1-4,9,11-12,19H,5-8,10H2,(H2,18,20). The van der Waals surface area contributed by atoms with E-state index in [1.54, 1.807) is 0 Å². The molecule has 114 valence electrons. The molecule has 0 aliphatic carbocycles. The SMILES string of the molecule is Nc1nc(CN2CCC(c3c[nH]c4ccccc34)CC2)cs1. The highest BCUT2D eigenvalue weighted by Crippen LogP contribution is 2.33. The molecule has 0 radical (unpaired) electrons. The molecule has 2 aromatic heterocycles. The number of H-pyrrole nitrogens is 1. The summed E-state index contributed by atoms with van der Waals surface area (Å²) in [5, 5.41) is 4.12. The Kier molecular flexibility index (Phi) is 3.60. The van der Waals surface area contributed by atoms with Gasteiger partial charge in [-0.3, -0.25) is 4.90 Å². The molecule has 0 bridgehead atoms. The van der Waals surface area contributed by atoms with Crippen molar-refractivity contribution < 1.29 is 0 Å². The largest absolute Gasteiger partial charge is 0.375 e. The van der Waals surface area contributed by atoms with Gasteiger partial charge in [-0.25, -0.2) is 4.98 Å². The van der Waals surface area contributed by atoms with Crippen molar-refractivity contribution >= 4 is 27.4 Å². The molecule has 0 spiro atoms. The van der Waals surface area contributed by atoms with Gasteiger partial charge in [-0.05, 0) is 43.5 Å². The number of rotatable bonds is 3. The molecule has 4 rings (SSSR count). The van der Waals surface area contributed by atoms with E-state index in [1.165, 1.54) is 40.6 Å². The van der Waals surface area contributed by atoms with Gasteiger partial charge in [0.2, 0.25) is 0 Å². The normalized spacial score (nSPS) is 17.3. The number of likely N-dealkylation sites (tertiary alicyclic amines) is 1. The molecule has 1 fully saturated rings. The predicted octanol–water partition coefficient (Wildman–Crippen LogP) is 3.59. The molecule has 4 nitrogen and oxygen atoms in total. The first-order valence-electron chi connectivity index (χ1n) is 7.78. The monoisotopic (exact) mass is 312 g/mol. The van der Waals surface area contributed by atoms with E-state index < -0.39 is 0 Å². The molecule has 1 aliphatic rings. The summed E-state index contributed by atoms with van der Waals surface area (Å²) in [5.74, 6) is 0.660. The maximum absolute atomic E-state index is 5.71. The Morgan fingerprint density at radius 3 is 2.86 bits per heavy atom. The lowest BCUT2D eigenvalue weighted by molar-refractivity contribution is 0.203. The molecule has 0 unspecified atom stereocenters. The smallest absolute Gasteiger partial charge is 0.180 e. The minimum absolute atomic E-state index is 0.660. The highest BCUT2D eigenvalue weighted by atomic mass is 32.1. The van der Waals surface area contributed by atoms with Crippen molar-refractivity contribution in [2.75, 3.05) is 18.8 Å². The fraction of sp³-hybridized carbons (Fsp3) is 0.353. The van der Waals surface area contributed by atoms with Crippen LogP contribution in [0.15, 0.2) is 35.8 Å². The third-order valence-corrected chi connectivity index (χ3v) is 5.33. The minimum Gasteiger partial charge on any atom is -0.375 e. The molecular formula is C17H20N4S. The van der Waals surface area contributed by atoms with E-state index >= 15 is 0 Å². The molecule has 22 heavy (non-hydrogen) atoms. The summed E-state index contributed by atoms with van der Waals surface area (Å²) >= 11 is 1.53. The van der Waals surface area contributed by atoms with E-state index in [-0.39, 0.29) is 0 Å². The predicted molar refractivity (Wildman–Crippen MR) is 92.1 cm³/mol. The first-order chi connectivity index (χ1) is 10.8. The van der Waals surface area contributed by atoms with Crippen LogP contribution < -0.4 is 5.73 Å². The molecule has 1 saturated heterocycles. The third kappa shape index (κ3) is 2.62. The lowest BCUT2D eigenvalue weighted by atomic mass is 9.89. The van der Waals surface area contributed by atoms with Crippen molar-refractivity contribution in [3.8, 4) is 0 Å². The quantitative estimate of drug-likeness (QED) is 0.777. The number of hydrogen-bond acceptors (Lipinski definition) is 4.